The zero-order chi connectivity index (χ0) is 8.36. The lowest BCUT2D eigenvalue weighted by atomic mass is 9.80. The Hall–Kier alpha value is -0.0400. The van der Waals surface area contributed by atoms with Crippen LogP contribution in [0.2, 0.25) is 0 Å². The van der Waals surface area contributed by atoms with Crippen molar-refractivity contribution < 1.29 is 4.79 Å². The van der Waals surface area contributed by atoms with Gasteiger partial charge in [0.25, 0.3) is 0 Å². The van der Waals surface area contributed by atoms with Gasteiger partial charge in [-0.05, 0) is 22.9 Å². The van der Waals surface area contributed by atoms with Crippen molar-refractivity contribution in [1.29, 1.82) is 0 Å². The maximum Gasteiger partial charge on any atom is 0.221 e. The molecule has 0 N–H and O–H groups in total. The third kappa shape index (κ3) is 3.89. The fourth-order valence-electron chi connectivity index (χ4n) is 0.547. The van der Waals surface area contributed by atoms with Crippen molar-refractivity contribution in [2.24, 2.45) is 11.3 Å². The smallest absolute Gasteiger partial charge is 0.221 e. The van der Waals surface area contributed by atoms with E-state index in [1.54, 1.807) is 0 Å². The van der Waals surface area contributed by atoms with E-state index in [9.17, 15) is 4.79 Å². The predicted molar refractivity (Wildman–Crippen MR) is 44.1 cm³/mol. The molecule has 0 saturated heterocycles. The summed E-state index contributed by atoms with van der Waals surface area (Å²) in [5.74, 6) is 0.359. The second kappa shape index (κ2) is 3.38. The molecule has 0 radical (unpaired) electrons. The van der Waals surface area contributed by atoms with Crippen molar-refractivity contribution in [1.82, 2.24) is 0 Å². The van der Waals surface area contributed by atoms with E-state index in [-0.39, 0.29) is 10.7 Å². The third-order valence-corrected chi connectivity index (χ3v) is 2.10. The first kappa shape index (κ1) is 9.96. The van der Waals surface area contributed by atoms with Gasteiger partial charge in [-0.3, -0.25) is 4.79 Å². The monoisotopic (exact) mass is 162 g/mol. The molecule has 0 bridgehead atoms. The van der Waals surface area contributed by atoms with Crippen molar-refractivity contribution in [3.63, 3.8) is 0 Å². The van der Waals surface area contributed by atoms with Crippen LogP contribution in [0.4, 0.5) is 0 Å². The van der Waals surface area contributed by atoms with Gasteiger partial charge in [0.2, 0.25) is 5.24 Å². The molecule has 0 fully saturated rings. The molecule has 0 saturated carbocycles. The number of carbonyl (C=O) groups is 1. The number of halogens is 1. The molecule has 0 aliphatic carbocycles. The van der Waals surface area contributed by atoms with Gasteiger partial charge in [-0.25, -0.2) is 0 Å². The lowest BCUT2D eigenvalue weighted by Crippen LogP contribution is -2.18. The average Bonchev–Trinajstić information content (AvgIpc) is 1.60. The molecule has 1 unspecified atom stereocenters. The quantitative estimate of drug-likeness (QED) is 0.571. The van der Waals surface area contributed by atoms with Crippen LogP contribution in [0.5, 0.6) is 0 Å². The highest BCUT2D eigenvalue weighted by Crippen LogP contribution is 2.28. The van der Waals surface area contributed by atoms with E-state index < -0.39 is 0 Å². The van der Waals surface area contributed by atoms with Gasteiger partial charge < -0.3 is 0 Å². The molecular weight excluding hydrogens is 148 g/mol. The number of carbonyl (C=O) groups excluding carboxylic acids is 1. The SMILES string of the molecule is CC(CC(=O)Cl)C(C)(C)C. The van der Waals surface area contributed by atoms with Crippen molar-refractivity contribution in [3.8, 4) is 0 Å². The second-order valence-electron chi connectivity index (χ2n) is 3.83. The molecule has 0 amide bonds. The van der Waals surface area contributed by atoms with Gasteiger partial charge in [0, 0.05) is 6.42 Å². The summed E-state index contributed by atoms with van der Waals surface area (Å²) in [5, 5.41) is -0.234. The molecule has 0 rings (SSSR count). The van der Waals surface area contributed by atoms with Gasteiger partial charge in [-0.2, -0.15) is 0 Å². The molecular formula is C8H15ClO. The fraction of sp³-hybridized carbons (Fsp3) is 0.875. The fourth-order valence-corrected chi connectivity index (χ4v) is 0.778. The average molecular weight is 163 g/mol. The molecule has 0 aromatic heterocycles. The summed E-state index contributed by atoms with van der Waals surface area (Å²) in [6, 6.07) is 0. The number of hydrogen-bond donors (Lipinski definition) is 0. The van der Waals surface area contributed by atoms with Gasteiger partial charge in [0.15, 0.2) is 0 Å². The third-order valence-electron chi connectivity index (χ3n) is 1.95. The highest BCUT2D eigenvalue weighted by molar-refractivity contribution is 6.63. The first-order valence-corrected chi connectivity index (χ1v) is 3.90. The molecule has 0 aromatic carbocycles. The molecule has 0 aliphatic heterocycles. The van der Waals surface area contributed by atoms with Crippen LogP contribution in [0.25, 0.3) is 0 Å². The summed E-state index contributed by atoms with van der Waals surface area (Å²) in [7, 11) is 0. The Morgan fingerprint density at radius 3 is 2.00 bits per heavy atom. The molecule has 1 nitrogen and oxygen atoms in total. The molecule has 0 aliphatic rings. The summed E-state index contributed by atoms with van der Waals surface area (Å²) >= 11 is 5.24. The van der Waals surface area contributed by atoms with Crippen molar-refractivity contribution in [3.05, 3.63) is 0 Å². The molecule has 10 heavy (non-hydrogen) atoms. The van der Waals surface area contributed by atoms with Crippen LogP contribution in [0, 0.1) is 11.3 Å². The Kier molecular flexibility index (Phi) is 3.37. The van der Waals surface area contributed by atoms with Gasteiger partial charge >= 0.3 is 0 Å². The Morgan fingerprint density at radius 1 is 1.50 bits per heavy atom. The number of hydrogen-bond acceptors (Lipinski definition) is 1. The van der Waals surface area contributed by atoms with Crippen LogP contribution in [-0.4, -0.2) is 5.24 Å². The van der Waals surface area contributed by atoms with Crippen molar-refractivity contribution in [2.75, 3.05) is 0 Å². The topological polar surface area (TPSA) is 17.1 Å². The van der Waals surface area contributed by atoms with Crippen LogP contribution in [-0.2, 0) is 4.79 Å². The van der Waals surface area contributed by atoms with Gasteiger partial charge in [-0.15, -0.1) is 0 Å². The summed E-state index contributed by atoms with van der Waals surface area (Å²) in [6.07, 6.45) is 0.477. The Morgan fingerprint density at radius 2 is 1.90 bits per heavy atom. The van der Waals surface area contributed by atoms with Crippen LogP contribution < -0.4 is 0 Å². The maximum absolute atomic E-state index is 10.5. The van der Waals surface area contributed by atoms with E-state index in [0.717, 1.165) is 0 Å². The van der Waals surface area contributed by atoms with E-state index >= 15 is 0 Å². The van der Waals surface area contributed by atoms with E-state index in [0.29, 0.717) is 12.3 Å². The lowest BCUT2D eigenvalue weighted by Gasteiger charge is -2.25. The Balaban J connectivity index is 3.85. The van der Waals surface area contributed by atoms with Crippen LogP contribution in [0.15, 0.2) is 0 Å². The standard InChI is InChI=1S/C8H15ClO/c1-6(5-7(9)10)8(2,3)4/h6H,5H2,1-4H3. The first-order valence-electron chi connectivity index (χ1n) is 3.52. The summed E-state index contributed by atoms with van der Waals surface area (Å²) in [6.45, 7) is 8.37. The van der Waals surface area contributed by atoms with E-state index in [1.807, 2.05) is 6.92 Å². The molecule has 2 heteroatoms. The van der Waals surface area contributed by atoms with Crippen molar-refractivity contribution in [2.45, 2.75) is 34.1 Å². The summed E-state index contributed by atoms with van der Waals surface area (Å²) < 4.78 is 0. The van der Waals surface area contributed by atoms with Crippen LogP contribution >= 0.6 is 11.6 Å². The van der Waals surface area contributed by atoms with E-state index in [1.165, 1.54) is 0 Å². The molecule has 0 aromatic rings. The minimum atomic E-state index is -0.234. The van der Waals surface area contributed by atoms with E-state index in [4.69, 9.17) is 11.6 Å². The number of rotatable bonds is 2. The Labute approximate surface area is 67.8 Å². The molecule has 0 heterocycles. The minimum absolute atomic E-state index is 0.185. The van der Waals surface area contributed by atoms with Gasteiger partial charge in [0.1, 0.15) is 0 Å². The highest BCUT2D eigenvalue weighted by atomic mass is 35.5. The molecule has 1 atom stereocenters. The lowest BCUT2D eigenvalue weighted by molar-refractivity contribution is -0.113. The highest BCUT2D eigenvalue weighted by Gasteiger charge is 2.21. The predicted octanol–water partition coefficient (Wildman–Crippen LogP) is 2.82. The first-order chi connectivity index (χ1) is 4.34. The molecule has 0 spiro atoms. The largest absolute Gasteiger partial charge is 0.281 e. The normalized spacial score (nSPS) is 14.9. The molecule has 60 valence electrons. The zero-order valence-electron chi connectivity index (χ0n) is 7.07. The summed E-state index contributed by atoms with van der Waals surface area (Å²) in [4.78, 5) is 10.5. The Bertz CT molecular complexity index is 124. The maximum atomic E-state index is 10.5. The van der Waals surface area contributed by atoms with Crippen LogP contribution in [0.1, 0.15) is 34.1 Å². The van der Waals surface area contributed by atoms with Crippen molar-refractivity contribution >= 4 is 16.8 Å². The van der Waals surface area contributed by atoms with Crippen LogP contribution in [0.3, 0.4) is 0 Å². The van der Waals surface area contributed by atoms with E-state index in [2.05, 4.69) is 20.8 Å². The minimum Gasteiger partial charge on any atom is -0.281 e. The zero-order valence-corrected chi connectivity index (χ0v) is 7.83. The van der Waals surface area contributed by atoms with Gasteiger partial charge in [0.05, 0.1) is 0 Å². The summed E-state index contributed by atoms with van der Waals surface area (Å²) in [5.41, 5.74) is 0.185. The van der Waals surface area contributed by atoms with Gasteiger partial charge in [-0.1, -0.05) is 27.7 Å². The second-order valence-corrected chi connectivity index (χ2v) is 4.25.